The van der Waals surface area contributed by atoms with Crippen LogP contribution in [0.2, 0.25) is 0 Å². The van der Waals surface area contributed by atoms with Crippen molar-refractivity contribution in [3.63, 3.8) is 0 Å². The molecule has 7 nitrogen and oxygen atoms in total. The van der Waals surface area contributed by atoms with Gasteiger partial charge < -0.3 is 14.0 Å². The molecule has 3 aromatic rings. The Bertz CT molecular complexity index is 1090. The zero-order valence-electron chi connectivity index (χ0n) is 17.4. The van der Waals surface area contributed by atoms with Crippen molar-refractivity contribution in [2.45, 2.75) is 19.9 Å². The van der Waals surface area contributed by atoms with Gasteiger partial charge in [-0.15, -0.1) is 0 Å². The van der Waals surface area contributed by atoms with Crippen LogP contribution in [0.25, 0.3) is 11.0 Å². The molecule has 0 fully saturated rings. The van der Waals surface area contributed by atoms with E-state index in [1.165, 1.54) is 0 Å². The molecule has 2 heterocycles. The first-order chi connectivity index (χ1) is 14.6. The number of esters is 1. The molecule has 0 aliphatic carbocycles. The number of benzene rings is 2. The van der Waals surface area contributed by atoms with Crippen molar-refractivity contribution >= 4 is 28.9 Å². The van der Waals surface area contributed by atoms with E-state index in [4.69, 9.17) is 14.5 Å². The number of imidazole rings is 1. The molecule has 156 valence electrons. The van der Waals surface area contributed by atoms with Gasteiger partial charge in [-0.3, -0.25) is 14.5 Å². The largest absolute Gasteiger partial charge is 0.465 e. The number of carbonyl (C=O) groups excluding carboxylic acids is 2. The summed E-state index contributed by atoms with van der Waals surface area (Å²) in [6.07, 6.45) is 0. The third-order valence-electron chi connectivity index (χ3n) is 5.51. The molecular weight excluding hydrogens is 382 g/mol. The number of hydrogen-bond acceptors (Lipinski definition) is 5. The van der Waals surface area contributed by atoms with Gasteiger partial charge in [-0.25, -0.2) is 4.98 Å². The smallest absolute Gasteiger partial charge is 0.321 e. The number of fused-ring (bicyclic) bond motifs is 3. The van der Waals surface area contributed by atoms with Crippen LogP contribution >= 0.6 is 0 Å². The summed E-state index contributed by atoms with van der Waals surface area (Å²) in [6.45, 7) is 4.57. The molecule has 0 N–H and O–H groups in total. The molecule has 0 spiro atoms. The minimum atomic E-state index is -1.01. The third-order valence-corrected chi connectivity index (χ3v) is 5.51. The summed E-state index contributed by atoms with van der Waals surface area (Å²) in [4.78, 5) is 32.9. The summed E-state index contributed by atoms with van der Waals surface area (Å²) in [6, 6.07) is 15.0. The van der Waals surface area contributed by atoms with Gasteiger partial charge in [-0.05, 0) is 37.1 Å². The third kappa shape index (κ3) is 3.25. The molecule has 1 aromatic heterocycles. The Labute approximate surface area is 175 Å². The van der Waals surface area contributed by atoms with Gasteiger partial charge in [-0.1, -0.05) is 36.4 Å². The second-order valence-corrected chi connectivity index (χ2v) is 7.28. The molecule has 2 aromatic carbocycles. The van der Waals surface area contributed by atoms with Crippen molar-refractivity contribution in [1.29, 1.82) is 0 Å². The van der Waals surface area contributed by atoms with Crippen molar-refractivity contribution in [3.05, 3.63) is 59.7 Å². The Morgan fingerprint density at radius 1 is 1.13 bits per heavy atom. The van der Waals surface area contributed by atoms with Gasteiger partial charge in [0.1, 0.15) is 0 Å². The maximum Gasteiger partial charge on any atom is 0.321 e. The molecule has 0 saturated heterocycles. The average Bonchev–Trinajstić information content (AvgIpc) is 3.12. The minimum absolute atomic E-state index is 0.207. The highest BCUT2D eigenvalue weighted by molar-refractivity contribution is 6.08. The van der Waals surface area contributed by atoms with Crippen molar-refractivity contribution < 1.29 is 19.1 Å². The standard InChI is InChI=1S/C23H25N3O4/c1-4-30-22(28)19-20(16-10-6-5-9-15(16)2)26-18-12-8-7-11-17(18)24-23(26)25(21(19)27)13-14-29-3/h5-12,19-20H,4,13-14H2,1-3H3. The van der Waals surface area contributed by atoms with E-state index in [0.29, 0.717) is 19.1 Å². The number of para-hydroxylation sites is 2. The Kier molecular flexibility index (Phi) is 5.55. The predicted octanol–water partition coefficient (Wildman–Crippen LogP) is 3.11. The van der Waals surface area contributed by atoms with Crippen LogP contribution in [0.15, 0.2) is 48.5 Å². The first-order valence-electron chi connectivity index (χ1n) is 10.1. The fourth-order valence-electron chi connectivity index (χ4n) is 4.14. The molecule has 2 unspecified atom stereocenters. The molecule has 7 heteroatoms. The van der Waals surface area contributed by atoms with Crippen LogP contribution in [-0.4, -0.2) is 48.3 Å². The lowest BCUT2D eigenvalue weighted by Gasteiger charge is -2.38. The number of ether oxygens (including phenoxy) is 2. The fourth-order valence-corrected chi connectivity index (χ4v) is 4.14. The molecule has 1 amide bonds. The minimum Gasteiger partial charge on any atom is -0.465 e. The maximum atomic E-state index is 13.6. The van der Waals surface area contributed by atoms with Crippen LogP contribution in [-0.2, 0) is 19.1 Å². The lowest BCUT2D eigenvalue weighted by atomic mass is 9.87. The molecule has 30 heavy (non-hydrogen) atoms. The highest BCUT2D eigenvalue weighted by Gasteiger charge is 2.48. The molecule has 0 saturated carbocycles. The van der Waals surface area contributed by atoms with E-state index in [2.05, 4.69) is 0 Å². The van der Waals surface area contributed by atoms with Gasteiger partial charge in [-0.2, -0.15) is 0 Å². The van der Waals surface area contributed by atoms with Gasteiger partial charge in [0.05, 0.1) is 36.8 Å². The molecule has 0 bridgehead atoms. The Morgan fingerprint density at radius 2 is 1.87 bits per heavy atom. The first kappa shape index (κ1) is 20.1. The van der Waals surface area contributed by atoms with Crippen molar-refractivity contribution in [3.8, 4) is 0 Å². The van der Waals surface area contributed by atoms with Crippen molar-refractivity contribution in [1.82, 2.24) is 9.55 Å². The maximum absolute atomic E-state index is 13.6. The van der Waals surface area contributed by atoms with E-state index in [1.54, 1.807) is 18.9 Å². The van der Waals surface area contributed by atoms with E-state index >= 15 is 0 Å². The molecule has 4 rings (SSSR count). The number of rotatable bonds is 6. The summed E-state index contributed by atoms with van der Waals surface area (Å²) in [5.41, 5.74) is 3.54. The van der Waals surface area contributed by atoms with Crippen molar-refractivity contribution in [2.75, 3.05) is 31.8 Å². The lowest BCUT2D eigenvalue weighted by Crippen LogP contribution is -2.51. The van der Waals surface area contributed by atoms with Gasteiger partial charge in [0.15, 0.2) is 5.92 Å². The van der Waals surface area contributed by atoms with Crippen LogP contribution in [0.1, 0.15) is 24.1 Å². The number of nitrogens with zero attached hydrogens (tertiary/aromatic N) is 3. The number of hydrogen-bond donors (Lipinski definition) is 0. The Balaban J connectivity index is 2.00. The quantitative estimate of drug-likeness (QED) is 0.464. The van der Waals surface area contributed by atoms with Crippen LogP contribution in [0.5, 0.6) is 0 Å². The van der Waals surface area contributed by atoms with E-state index in [9.17, 15) is 9.59 Å². The summed E-state index contributed by atoms with van der Waals surface area (Å²) in [5, 5.41) is 0. The Hall–Kier alpha value is -3.19. The number of amides is 1. The van der Waals surface area contributed by atoms with Crippen LogP contribution < -0.4 is 4.90 Å². The summed E-state index contributed by atoms with van der Waals surface area (Å²) in [7, 11) is 1.58. The number of aromatic nitrogens is 2. The molecule has 1 aliphatic rings. The number of carbonyl (C=O) groups is 2. The predicted molar refractivity (Wildman–Crippen MR) is 113 cm³/mol. The van der Waals surface area contributed by atoms with Crippen molar-refractivity contribution in [2.24, 2.45) is 5.92 Å². The SMILES string of the molecule is CCOC(=O)C1C(=O)N(CCOC)c2nc3ccccc3n2C1c1ccccc1C. The number of anilines is 1. The molecular formula is C23H25N3O4. The van der Waals surface area contributed by atoms with Gasteiger partial charge >= 0.3 is 5.97 Å². The van der Waals surface area contributed by atoms with E-state index in [1.807, 2.05) is 60.0 Å². The zero-order chi connectivity index (χ0) is 21.3. The zero-order valence-corrected chi connectivity index (χ0v) is 17.4. The summed E-state index contributed by atoms with van der Waals surface area (Å²) >= 11 is 0. The van der Waals surface area contributed by atoms with Gasteiger partial charge in [0.2, 0.25) is 11.9 Å². The van der Waals surface area contributed by atoms with Crippen LogP contribution in [0, 0.1) is 12.8 Å². The number of aryl methyl sites for hydroxylation is 1. The molecule has 2 atom stereocenters. The topological polar surface area (TPSA) is 73.7 Å². The second kappa shape index (κ2) is 8.28. The van der Waals surface area contributed by atoms with Crippen LogP contribution in [0.4, 0.5) is 5.95 Å². The van der Waals surface area contributed by atoms with Gasteiger partial charge in [0, 0.05) is 7.11 Å². The highest BCUT2D eigenvalue weighted by Crippen LogP contribution is 2.41. The normalized spacial score (nSPS) is 18.5. The fraction of sp³-hybridized carbons (Fsp3) is 0.348. The summed E-state index contributed by atoms with van der Waals surface area (Å²) < 4.78 is 12.6. The highest BCUT2D eigenvalue weighted by atomic mass is 16.5. The molecule has 0 radical (unpaired) electrons. The average molecular weight is 407 g/mol. The monoisotopic (exact) mass is 407 g/mol. The van der Waals surface area contributed by atoms with E-state index in [-0.39, 0.29) is 12.5 Å². The molecule has 1 aliphatic heterocycles. The van der Waals surface area contributed by atoms with Gasteiger partial charge in [0.25, 0.3) is 0 Å². The van der Waals surface area contributed by atoms with E-state index in [0.717, 1.165) is 22.2 Å². The summed E-state index contributed by atoms with van der Waals surface area (Å²) in [5.74, 6) is -1.33. The van der Waals surface area contributed by atoms with E-state index < -0.39 is 17.9 Å². The van der Waals surface area contributed by atoms with Crippen LogP contribution in [0.3, 0.4) is 0 Å². The first-order valence-corrected chi connectivity index (χ1v) is 10.1. The lowest BCUT2D eigenvalue weighted by molar-refractivity contribution is -0.153. The Morgan fingerprint density at radius 3 is 2.60 bits per heavy atom. The number of methoxy groups -OCH3 is 1. The second-order valence-electron chi connectivity index (χ2n) is 7.28.